The Balaban J connectivity index is 1.48. The Morgan fingerprint density at radius 3 is 2.55 bits per heavy atom. The zero-order valence-electron chi connectivity index (χ0n) is 17.9. The van der Waals surface area contributed by atoms with Crippen LogP contribution in [0.25, 0.3) is 16.8 Å². The number of hydrogen-bond donors (Lipinski definition) is 1. The molecule has 1 aromatic carbocycles. The number of carbonyl (C=O) groups excluding carboxylic acids is 1. The fourth-order valence-electron chi connectivity index (χ4n) is 3.60. The number of nitrogens with one attached hydrogen (secondary N) is 1. The van der Waals surface area contributed by atoms with Crippen LogP contribution < -0.4 is 5.32 Å². The number of hydrogen-bond acceptors (Lipinski definition) is 6. The Kier molecular flexibility index (Phi) is 5.81. The summed E-state index contributed by atoms with van der Waals surface area (Å²) >= 11 is 0. The van der Waals surface area contributed by atoms with E-state index in [9.17, 15) is 13.2 Å². The predicted octanol–water partition coefficient (Wildman–Crippen LogP) is 2.61. The SMILES string of the molecule is CCS(=O)(=O)C1CN(Cc2ccc(-c3cccn4nc(NC(=O)C(C)C)nc34)cc2)C1. The molecule has 3 aromatic rings. The van der Waals surface area contributed by atoms with Crippen LogP contribution >= 0.6 is 0 Å². The number of anilines is 1. The van der Waals surface area contributed by atoms with Crippen molar-refractivity contribution in [1.82, 2.24) is 19.5 Å². The number of rotatable bonds is 7. The summed E-state index contributed by atoms with van der Waals surface area (Å²) in [5, 5.41) is 6.86. The predicted molar refractivity (Wildman–Crippen MR) is 120 cm³/mol. The second-order valence-corrected chi connectivity index (χ2v) is 10.8. The van der Waals surface area contributed by atoms with Gasteiger partial charge in [-0.1, -0.05) is 45.0 Å². The van der Waals surface area contributed by atoms with Crippen LogP contribution in [0.4, 0.5) is 5.95 Å². The second kappa shape index (κ2) is 8.39. The van der Waals surface area contributed by atoms with Crippen LogP contribution in [-0.4, -0.2) is 57.9 Å². The number of sulfone groups is 1. The third-order valence-electron chi connectivity index (χ3n) is 5.63. The Morgan fingerprint density at radius 1 is 1.19 bits per heavy atom. The van der Waals surface area contributed by atoms with Gasteiger partial charge in [0.25, 0.3) is 0 Å². The number of nitrogens with zero attached hydrogens (tertiary/aromatic N) is 4. The first kappa shape index (κ1) is 21.5. The van der Waals surface area contributed by atoms with Gasteiger partial charge in [0.15, 0.2) is 15.5 Å². The van der Waals surface area contributed by atoms with E-state index in [1.165, 1.54) is 0 Å². The molecule has 0 bridgehead atoms. The minimum absolute atomic E-state index is 0.123. The first-order valence-corrected chi connectivity index (χ1v) is 12.2. The van der Waals surface area contributed by atoms with Crippen molar-refractivity contribution in [2.45, 2.75) is 32.6 Å². The van der Waals surface area contributed by atoms with Gasteiger partial charge in [-0.25, -0.2) is 12.9 Å². The molecule has 0 unspecified atom stereocenters. The molecule has 9 heteroatoms. The van der Waals surface area contributed by atoms with Crippen molar-refractivity contribution in [3.05, 3.63) is 48.2 Å². The Morgan fingerprint density at radius 2 is 1.90 bits per heavy atom. The smallest absolute Gasteiger partial charge is 0.249 e. The van der Waals surface area contributed by atoms with Gasteiger partial charge in [0, 0.05) is 43.1 Å². The molecule has 0 saturated carbocycles. The lowest BCUT2D eigenvalue weighted by atomic mass is 10.0. The maximum absolute atomic E-state index is 12.0. The van der Waals surface area contributed by atoms with E-state index < -0.39 is 9.84 Å². The van der Waals surface area contributed by atoms with Gasteiger partial charge in [0.1, 0.15) is 0 Å². The third-order valence-corrected chi connectivity index (χ3v) is 7.75. The Labute approximate surface area is 182 Å². The number of pyridine rings is 1. The molecule has 8 nitrogen and oxygen atoms in total. The van der Waals surface area contributed by atoms with E-state index in [0.29, 0.717) is 18.7 Å². The molecule has 0 atom stereocenters. The average Bonchev–Trinajstić information content (AvgIpc) is 3.13. The van der Waals surface area contributed by atoms with E-state index in [2.05, 4.69) is 32.4 Å². The molecule has 0 aliphatic carbocycles. The summed E-state index contributed by atoms with van der Waals surface area (Å²) in [4.78, 5) is 18.6. The third kappa shape index (κ3) is 4.47. The second-order valence-electron chi connectivity index (χ2n) is 8.23. The van der Waals surface area contributed by atoms with E-state index in [4.69, 9.17) is 0 Å². The molecule has 1 saturated heterocycles. The number of amides is 1. The van der Waals surface area contributed by atoms with Gasteiger partial charge in [-0.15, -0.1) is 5.10 Å². The molecule has 1 N–H and O–H groups in total. The Bertz CT molecular complexity index is 1200. The van der Waals surface area contributed by atoms with Crippen molar-refractivity contribution >= 4 is 27.3 Å². The molecule has 1 amide bonds. The highest BCUT2D eigenvalue weighted by Gasteiger charge is 2.35. The van der Waals surface area contributed by atoms with Crippen molar-refractivity contribution in [3.8, 4) is 11.1 Å². The zero-order chi connectivity index (χ0) is 22.2. The number of benzene rings is 1. The van der Waals surface area contributed by atoms with Gasteiger partial charge in [-0.2, -0.15) is 4.98 Å². The molecule has 3 heterocycles. The molecular formula is C22H27N5O3S. The molecule has 4 rings (SSSR count). The summed E-state index contributed by atoms with van der Waals surface area (Å²) in [5.41, 5.74) is 3.72. The highest BCUT2D eigenvalue weighted by Crippen LogP contribution is 2.26. The van der Waals surface area contributed by atoms with E-state index in [1.807, 2.05) is 38.1 Å². The summed E-state index contributed by atoms with van der Waals surface area (Å²) in [6.45, 7) is 7.27. The average molecular weight is 442 g/mol. The van der Waals surface area contributed by atoms with Gasteiger partial charge in [-0.3, -0.25) is 15.0 Å². The summed E-state index contributed by atoms with van der Waals surface area (Å²) in [6, 6.07) is 12.0. The van der Waals surface area contributed by atoms with Crippen molar-refractivity contribution < 1.29 is 13.2 Å². The molecule has 0 radical (unpaired) electrons. The number of carbonyl (C=O) groups is 1. The lowest BCUT2D eigenvalue weighted by molar-refractivity contribution is -0.118. The van der Waals surface area contributed by atoms with Crippen molar-refractivity contribution in [1.29, 1.82) is 0 Å². The van der Waals surface area contributed by atoms with Crippen LogP contribution in [0.1, 0.15) is 26.3 Å². The first-order chi connectivity index (χ1) is 14.8. The van der Waals surface area contributed by atoms with E-state index in [0.717, 1.165) is 23.2 Å². The Hall–Kier alpha value is -2.78. The van der Waals surface area contributed by atoms with Crippen LogP contribution in [0, 0.1) is 5.92 Å². The lowest BCUT2D eigenvalue weighted by Crippen LogP contribution is -2.54. The topological polar surface area (TPSA) is 96.7 Å². The van der Waals surface area contributed by atoms with Gasteiger partial charge in [-0.05, 0) is 23.3 Å². The van der Waals surface area contributed by atoms with Crippen molar-refractivity contribution in [2.75, 3.05) is 24.2 Å². The van der Waals surface area contributed by atoms with Crippen LogP contribution in [0.2, 0.25) is 0 Å². The van der Waals surface area contributed by atoms with Crippen LogP contribution in [0.15, 0.2) is 42.6 Å². The molecule has 1 aliphatic rings. The standard InChI is InChI=1S/C22H27N5O3S/c1-4-31(29,30)18-13-26(14-18)12-16-7-9-17(10-8-16)19-6-5-11-27-20(19)23-22(25-27)24-21(28)15(2)3/h5-11,15,18H,4,12-14H2,1-3H3,(H,24,25,28). The highest BCUT2D eigenvalue weighted by atomic mass is 32.2. The zero-order valence-corrected chi connectivity index (χ0v) is 18.8. The van der Waals surface area contributed by atoms with E-state index >= 15 is 0 Å². The van der Waals surface area contributed by atoms with E-state index in [-0.39, 0.29) is 28.8 Å². The van der Waals surface area contributed by atoms with Crippen LogP contribution in [0.5, 0.6) is 0 Å². The summed E-state index contributed by atoms with van der Waals surface area (Å²) in [7, 11) is -2.94. The fraction of sp³-hybridized carbons (Fsp3) is 0.409. The van der Waals surface area contributed by atoms with Gasteiger partial charge >= 0.3 is 0 Å². The largest absolute Gasteiger partial charge is 0.296 e. The quantitative estimate of drug-likeness (QED) is 0.605. The maximum Gasteiger partial charge on any atom is 0.249 e. The normalized spacial score (nSPS) is 15.4. The lowest BCUT2D eigenvalue weighted by Gasteiger charge is -2.38. The van der Waals surface area contributed by atoms with Gasteiger partial charge in [0.2, 0.25) is 11.9 Å². The molecule has 31 heavy (non-hydrogen) atoms. The van der Waals surface area contributed by atoms with Crippen LogP contribution in [0.3, 0.4) is 0 Å². The maximum atomic E-state index is 12.0. The molecular weight excluding hydrogens is 414 g/mol. The molecule has 1 aliphatic heterocycles. The minimum Gasteiger partial charge on any atom is -0.296 e. The molecule has 164 valence electrons. The number of likely N-dealkylation sites (tertiary alicyclic amines) is 1. The highest BCUT2D eigenvalue weighted by molar-refractivity contribution is 7.92. The molecule has 0 spiro atoms. The van der Waals surface area contributed by atoms with E-state index in [1.54, 1.807) is 17.6 Å². The molecule has 2 aromatic heterocycles. The summed E-state index contributed by atoms with van der Waals surface area (Å²) in [5.74, 6) is 0.221. The van der Waals surface area contributed by atoms with Crippen molar-refractivity contribution in [2.24, 2.45) is 5.92 Å². The molecule has 1 fully saturated rings. The van der Waals surface area contributed by atoms with Crippen molar-refractivity contribution in [3.63, 3.8) is 0 Å². The monoisotopic (exact) mass is 441 g/mol. The van der Waals surface area contributed by atoms with Gasteiger partial charge in [0.05, 0.1) is 5.25 Å². The summed E-state index contributed by atoms with van der Waals surface area (Å²) < 4.78 is 25.5. The first-order valence-electron chi connectivity index (χ1n) is 10.5. The van der Waals surface area contributed by atoms with Gasteiger partial charge < -0.3 is 0 Å². The fourth-order valence-corrected chi connectivity index (χ4v) is 4.95. The number of fused-ring (bicyclic) bond motifs is 1. The summed E-state index contributed by atoms with van der Waals surface area (Å²) in [6.07, 6.45) is 1.80. The number of aromatic nitrogens is 3. The van der Waals surface area contributed by atoms with Crippen LogP contribution in [-0.2, 0) is 21.2 Å². The minimum atomic E-state index is -2.94.